The highest BCUT2D eigenvalue weighted by atomic mass is 16.4. The van der Waals surface area contributed by atoms with Crippen LogP contribution >= 0.6 is 0 Å². The Labute approximate surface area is 82.1 Å². The van der Waals surface area contributed by atoms with Gasteiger partial charge < -0.3 is 15.3 Å². The Balaban J connectivity index is 2.27. The molecular weight excluding hydrogens is 181 g/mol. The van der Waals surface area contributed by atoms with Crippen LogP contribution in [-0.2, 0) is 4.65 Å². The van der Waals surface area contributed by atoms with Crippen LogP contribution in [0.25, 0.3) is 0 Å². The molecular formula is C7H9BN5O. The first-order valence-electron chi connectivity index (χ1n) is 4.04. The van der Waals surface area contributed by atoms with Gasteiger partial charge in [0.25, 0.3) is 0 Å². The summed E-state index contributed by atoms with van der Waals surface area (Å²) in [6.45, 7) is 3.48. The number of rotatable bonds is 2. The third-order valence-electron chi connectivity index (χ3n) is 1.85. The van der Waals surface area contributed by atoms with Crippen molar-refractivity contribution in [1.29, 1.82) is 0 Å². The van der Waals surface area contributed by atoms with Gasteiger partial charge >= 0.3 is 7.48 Å². The van der Waals surface area contributed by atoms with Crippen molar-refractivity contribution in [3.05, 3.63) is 24.4 Å². The summed E-state index contributed by atoms with van der Waals surface area (Å²) in [6.07, 6.45) is 4.62. The third-order valence-corrected chi connectivity index (χ3v) is 1.85. The Hall–Kier alpha value is -1.92. The molecule has 14 heavy (non-hydrogen) atoms. The summed E-state index contributed by atoms with van der Waals surface area (Å²) >= 11 is 0. The first-order valence-corrected chi connectivity index (χ1v) is 4.04. The molecule has 0 amide bonds. The van der Waals surface area contributed by atoms with Crippen LogP contribution in [-0.4, -0.2) is 31.0 Å². The van der Waals surface area contributed by atoms with Crippen molar-refractivity contribution >= 4 is 20.0 Å². The van der Waals surface area contributed by atoms with E-state index in [9.17, 15) is 0 Å². The van der Waals surface area contributed by atoms with Gasteiger partial charge in [0, 0.05) is 6.20 Å². The SMILES string of the molecule is C=CN=CC1=C(N)O[B][C@@H]2NN=CN12. The number of fused-ring (bicyclic) bond motifs is 1. The van der Waals surface area contributed by atoms with Gasteiger partial charge in [-0.3, -0.25) is 10.4 Å². The van der Waals surface area contributed by atoms with Gasteiger partial charge in [0.15, 0.2) is 5.88 Å². The smallest absolute Gasteiger partial charge is 0.420 e. The van der Waals surface area contributed by atoms with E-state index in [4.69, 9.17) is 10.4 Å². The lowest BCUT2D eigenvalue weighted by Gasteiger charge is -2.28. The topological polar surface area (TPSA) is 75.2 Å². The average Bonchev–Trinajstić information content (AvgIpc) is 2.64. The maximum atomic E-state index is 5.65. The number of hydrogen-bond acceptors (Lipinski definition) is 6. The molecule has 0 bridgehead atoms. The summed E-state index contributed by atoms with van der Waals surface area (Å²) in [5, 5.41) is 3.88. The molecule has 0 saturated carbocycles. The van der Waals surface area contributed by atoms with Crippen LogP contribution in [0.2, 0.25) is 0 Å². The van der Waals surface area contributed by atoms with Crippen molar-refractivity contribution in [2.75, 3.05) is 0 Å². The molecule has 7 heteroatoms. The van der Waals surface area contributed by atoms with Crippen LogP contribution in [0.1, 0.15) is 0 Å². The molecule has 2 rings (SSSR count). The molecule has 0 aromatic heterocycles. The minimum absolute atomic E-state index is 0.117. The van der Waals surface area contributed by atoms with Crippen molar-refractivity contribution in [2.24, 2.45) is 15.8 Å². The van der Waals surface area contributed by atoms with E-state index >= 15 is 0 Å². The Morgan fingerprint density at radius 1 is 1.86 bits per heavy atom. The zero-order chi connectivity index (χ0) is 9.97. The average molecular weight is 190 g/mol. The Kier molecular flexibility index (Phi) is 2.14. The van der Waals surface area contributed by atoms with Crippen LogP contribution in [0.3, 0.4) is 0 Å². The molecule has 0 unspecified atom stereocenters. The van der Waals surface area contributed by atoms with Crippen LogP contribution in [0.15, 0.2) is 34.5 Å². The first-order chi connectivity index (χ1) is 6.83. The van der Waals surface area contributed by atoms with Gasteiger partial charge in [0.05, 0.1) is 6.21 Å². The van der Waals surface area contributed by atoms with E-state index in [0.717, 1.165) is 0 Å². The van der Waals surface area contributed by atoms with Gasteiger partial charge in [-0.15, -0.1) is 0 Å². The molecule has 2 aliphatic rings. The molecule has 1 atom stereocenters. The van der Waals surface area contributed by atoms with E-state index < -0.39 is 0 Å². The normalized spacial score (nSPS) is 24.3. The lowest BCUT2D eigenvalue weighted by molar-refractivity contribution is 0.331. The van der Waals surface area contributed by atoms with Gasteiger partial charge in [-0.05, 0) is 0 Å². The van der Waals surface area contributed by atoms with Crippen molar-refractivity contribution < 1.29 is 4.65 Å². The summed E-state index contributed by atoms with van der Waals surface area (Å²) in [6, 6.07) is -0.117. The van der Waals surface area contributed by atoms with Crippen molar-refractivity contribution in [3.63, 3.8) is 0 Å². The summed E-state index contributed by atoms with van der Waals surface area (Å²) in [5.41, 5.74) is 9.13. The Morgan fingerprint density at radius 3 is 3.50 bits per heavy atom. The van der Waals surface area contributed by atoms with Crippen molar-refractivity contribution in [1.82, 2.24) is 10.3 Å². The van der Waals surface area contributed by atoms with E-state index in [1.165, 1.54) is 6.20 Å². The molecule has 2 heterocycles. The lowest BCUT2D eigenvalue weighted by atomic mass is 9.93. The summed E-state index contributed by atoms with van der Waals surface area (Å²) in [7, 11) is 1.56. The summed E-state index contributed by atoms with van der Waals surface area (Å²) in [5.74, 6) is 0.294. The molecule has 3 N–H and O–H groups in total. The predicted octanol–water partition coefficient (Wildman–Crippen LogP) is -0.890. The van der Waals surface area contributed by atoms with Crippen LogP contribution in [0.4, 0.5) is 0 Å². The number of nitrogens with zero attached hydrogens (tertiary/aromatic N) is 3. The molecule has 0 aliphatic carbocycles. The second-order valence-corrected chi connectivity index (χ2v) is 2.69. The largest absolute Gasteiger partial charge is 0.546 e. The number of nitrogens with one attached hydrogen (secondary N) is 1. The fourth-order valence-electron chi connectivity index (χ4n) is 1.19. The number of hydrazone groups is 1. The zero-order valence-electron chi connectivity index (χ0n) is 7.42. The van der Waals surface area contributed by atoms with E-state index in [1.54, 1.807) is 20.0 Å². The van der Waals surface area contributed by atoms with Gasteiger partial charge in [-0.1, -0.05) is 6.58 Å². The van der Waals surface area contributed by atoms with Gasteiger partial charge in [0.2, 0.25) is 0 Å². The number of nitrogens with two attached hydrogens (primary N) is 1. The van der Waals surface area contributed by atoms with Crippen molar-refractivity contribution in [2.45, 2.75) is 6.07 Å². The molecule has 0 saturated heterocycles. The second-order valence-electron chi connectivity index (χ2n) is 2.69. The zero-order valence-corrected chi connectivity index (χ0v) is 7.42. The maximum absolute atomic E-state index is 5.65. The standard InChI is InChI=1S/C7H9BN5O/c1-2-10-3-5-6(9)14-8-7-12-11-4-13(5)7/h2-4,7,12H,1,9H2/t7-/m1/s1. The first kappa shape index (κ1) is 8.67. The highest BCUT2D eigenvalue weighted by Gasteiger charge is 2.31. The van der Waals surface area contributed by atoms with Crippen LogP contribution in [0.5, 0.6) is 0 Å². The van der Waals surface area contributed by atoms with E-state index in [0.29, 0.717) is 11.6 Å². The number of hydrogen-bond donors (Lipinski definition) is 2. The molecule has 1 radical (unpaired) electrons. The minimum Gasteiger partial charge on any atom is -0.546 e. The Bertz CT molecular complexity index is 337. The third kappa shape index (κ3) is 1.32. The number of allylic oxidation sites excluding steroid dienone is 1. The van der Waals surface area contributed by atoms with E-state index in [-0.39, 0.29) is 6.07 Å². The monoisotopic (exact) mass is 190 g/mol. The van der Waals surface area contributed by atoms with Crippen LogP contribution < -0.4 is 11.2 Å². The molecule has 0 aromatic rings. The molecule has 71 valence electrons. The van der Waals surface area contributed by atoms with E-state index in [1.807, 2.05) is 4.90 Å². The fraction of sp³-hybridized carbons (Fsp3) is 0.143. The minimum atomic E-state index is -0.117. The molecule has 6 nitrogen and oxygen atoms in total. The van der Waals surface area contributed by atoms with Gasteiger partial charge in [-0.25, -0.2) is 0 Å². The maximum Gasteiger partial charge on any atom is 0.420 e. The lowest BCUT2D eigenvalue weighted by Crippen LogP contribution is -2.47. The van der Waals surface area contributed by atoms with Gasteiger partial charge in [-0.2, -0.15) is 5.10 Å². The quantitative estimate of drug-likeness (QED) is 0.437. The van der Waals surface area contributed by atoms with Crippen molar-refractivity contribution in [3.8, 4) is 0 Å². The fourth-order valence-corrected chi connectivity index (χ4v) is 1.19. The number of aliphatic imine (C=N–C) groups is 1. The van der Waals surface area contributed by atoms with E-state index in [2.05, 4.69) is 22.1 Å². The Morgan fingerprint density at radius 2 is 2.71 bits per heavy atom. The van der Waals surface area contributed by atoms with Gasteiger partial charge in [0.1, 0.15) is 18.1 Å². The molecule has 2 aliphatic heterocycles. The molecule has 0 fully saturated rings. The summed E-state index contributed by atoms with van der Waals surface area (Å²) < 4.78 is 5.12. The summed E-state index contributed by atoms with van der Waals surface area (Å²) in [4.78, 5) is 5.69. The second kappa shape index (κ2) is 3.45. The predicted molar refractivity (Wildman–Crippen MR) is 54.0 cm³/mol. The molecule has 0 aromatic carbocycles. The van der Waals surface area contributed by atoms with Crippen LogP contribution in [0, 0.1) is 0 Å². The molecule has 0 spiro atoms. The highest BCUT2D eigenvalue weighted by molar-refractivity contribution is 6.31. The highest BCUT2D eigenvalue weighted by Crippen LogP contribution is 2.15.